The summed E-state index contributed by atoms with van der Waals surface area (Å²) in [5.41, 5.74) is 0. The zero-order valence-electron chi connectivity index (χ0n) is 21.7. The molecule has 0 N–H and O–H groups in total. The van der Waals surface area contributed by atoms with Gasteiger partial charge in [0.2, 0.25) is 0 Å². The van der Waals surface area contributed by atoms with Crippen LogP contribution in [0, 0.1) is 11.8 Å². The molecular formula is C25H48N2O4Si. The monoisotopic (exact) mass is 468 g/mol. The zero-order valence-corrected chi connectivity index (χ0v) is 22.7. The molecule has 6 nitrogen and oxygen atoms in total. The Kier molecular flexibility index (Phi) is 10.3. The molecule has 0 bridgehead atoms. The van der Waals surface area contributed by atoms with Crippen molar-refractivity contribution in [2.45, 2.75) is 95.9 Å². The third-order valence-electron chi connectivity index (χ3n) is 7.99. The van der Waals surface area contributed by atoms with E-state index in [2.05, 4.69) is 45.5 Å². The molecule has 1 saturated heterocycles. The maximum absolute atomic E-state index is 13.0. The maximum atomic E-state index is 13.0. The SMILES string of the molecule is C=CC[C@H](C1CCC(CO[Si](C)(C)C(C)(C)C)CC1)N(C(=O)OC)N1CCC[C@H]1COC. The third kappa shape index (κ3) is 6.81. The second-order valence-electron chi connectivity index (χ2n) is 11.2. The van der Waals surface area contributed by atoms with Crippen molar-refractivity contribution in [3.05, 3.63) is 12.7 Å². The fourth-order valence-corrected chi connectivity index (χ4v) is 6.02. The Morgan fingerprint density at radius 3 is 2.34 bits per heavy atom. The van der Waals surface area contributed by atoms with Gasteiger partial charge in [-0.2, -0.15) is 0 Å². The second-order valence-corrected chi connectivity index (χ2v) is 16.0. The first-order chi connectivity index (χ1) is 15.1. The van der Waals surface area contributed by atoms with E-state index in [0.29, 0.717) is 18.4 Å². The van der Waals surface area contributed by atoms with Crippen molar-refractivity contribution in [2.24, 2.45) is 11.8 Å². The number of rotatable bonds is 10. The molecule has 0 unspecified atom stereocenters. The van der Waals surface area contributed by atoms with E-state index in [1.807, 2.05) is 11.1 Å². The van der Waals surface area contributed by atoms with Gasteiger partial charge >= 0.3 is 6.09 Å². The van der Waals surface area contributed by atoms with E-state index < -0.39 is 8.32 Å². The van der Waals surface area contributed by atoms with E-state index in [-0.39, 0.29) is 23.2 Å². The molecule has 1 aliphatic heterocycles. The predicted octanol–water partition coefficient (Wildman–Crippen LogP) is 5.85. The van der Waals surface area contributed by atoms with Crippen LogP contribution in [0.1, 0.15) is 65.7 Å². The van der Waals surface area contributed by atoms with E-state index in [1.54, 1.807) is 7.11 Å². The lowest BCUT2D eigenvalue weighted by Crippen LogP contribution is -2.57. The summed E-state index contributed by atoms with van der Waals surface area (Å²) < 4.78 is 17.2. The van der Waals surface area contributed by atoms with Crippen LogP contribution in [0.4, 0.5) is 4.79 Å². The fourth-order valence-electron chi connectivity index (χ4n) is 4.94. The first kappa shape index (κ1) is 27.4. The highest BCUT2D eigenvalue weighted by atomic mass is 28.4. The summed E-state index contributed by atoms with van der Waals surface area (Å²) >= 11 is 0. The Balaban J connectivity index is 2.06. The van der Waals surface area contributed by atoms with E-state index in [4.69, 9.17) is 13.9 Å². The second kappa shape index (κ2) is 12.0. The average molecular weight is 469 g/mol. The lowest BCUT2D eigenvalue weighted by Gasteiger charge is -2.45. The minimum atomic E-state index is -1.71. The fraction of sp³-hybridized carbons (Fsp3) is 0.880. The molecule has 1 heterocycles. The number of hydrazine groups is 1. The van der Waals surface area contributed by atoms with Crippen LogP contribution in [-0.2, 0) is 13.9 Å². The van der Waals surface area contributed by atoms with Gasteiger partial charge in [-0.25, -0.2) is 14.8 Å². The number of carbonyl (C=O) groups is 1. The van der Waals surface area contributed by atoms with Crippen LogP contribution in [0.2, 0.25) is 18.1 Å². The van der Waals surface area contributed by atoms with Gasteiger partial charge in [-0.15, -0.1) is 6.58 Å². The average Bonchev–Trinajstić information content (AvgIpc) is 3.19. The molecule has 1 saturated carbocycles. The quantitative estimate of drug-likeness (QED) is 0.297. The first-order valence-electron chi connectivity index (χ1n) is 12.4. The molecule has 0 aromatic rings. The summed E-state index contributed by atoms with van der Waals surface area (Å²) in [5.74, 6) is 1.06. The standard InChI is InChI=1S/C25H48N2O4Si/c1-9-11-23(27(24(28)30-6)26-17-10-12-22(26)19-29-5)21-15-13-20(14-16-21)18-31-32(7,8)25(2,3)4/h9,20-23H,1,10-19H2,2-8H3/t20?,21?,22-,23+/m0/s1. The number of amides is 1. The van der Waals surface area contributed by atoms with Crippen LogP contribution in [0.25, 0.3) is 0 Å². The summed E-state index contributed by atoms with van der Waals surface area (Å²) in [5, 5.41) is 4.36. The van der Waals surface area contributed by atoms with Crippen LogP contribution in [-0.4, -0.2) is 70.5 Å². The minimum absolute atomic E-state index is 0.0830. The van der Waals surface area contributed by atoms with E-state index in [9.17, 15) is 4.79 Å². The van der Waals surface area contributed by atoms with Crippen molar-refractivity contribution in [3.8, 4) is 0 Å². The van der Waals surface area contributed by atoms with E-state index >= 15 is 0 Å². The van der Waals surface area contributed by atoms with Gasteiger partial charge in [0.05, 0.1) is 25.8 Å². The van der Waals surface area contributed by atoms with Gasteiger partial charge in [0, 0.05) is 20.3 Å². The van der Waals surface area contributed by atoms with Crippen molar-refractivity contribution < 1.29 is 18.7 Å². The first-order valence-corrected chi connectivity index (χ1v) is 15.3. The highest BCUT2D eigenvalue weighted by Gasteiger charge is 2.42. The lowest BCUT2D eigenvalue weighted by atomic mass is 9.77. The molecule has 1 amide bonds. The Morgan fingerprint density at radius 2 is 1.81 bits per heavy atom. The lowest BCUT2D eigenvalue weighted by molar-refractivity contribution is -0.0856. The third-order valence-corrected chi connectivity index (χ3v) is 12.5. The largest absolute Gasteiger partial charge is 0.452 e. The zero-order chi connectivity index (χ0) is 23.9. The number of hydrogen-bond donors (Lipinski definition) is 0. The van der Waals surface area contributed by atoms with Gasteiger partial charge in [0.15, 0.2) is 8.32 Å². The molecule has 0 aromatic heterocycles. The summed E-state index contributed by atoms with van der Waals surface area (Å²) in [7, 11) is 1.50. The molecule has 2 fully saturated rings. The van der Waals surface area contributed by atoms with Crippen LogP contribution in [0.5, 0.6) is 0 Å². The normalized spacial score (nSPS) is 26.0. The number of nitrogens with zero attached hydrogens (tertiary/aromatic N) is 2. The number of methoxy groups -OCH3 is 2. The predicted molar refractivity (Wildman–Crippen MR) is 133 cm³/mol. The van der Waals surface area contributed by atoms with E-state index in [0.717, 1.165) is 58.1 Å². The Morgan fingerprint density at radius 1 is 1.16 bits per heavy atom. The Bertz CT molecular complexity index is 599. The van der Waals surface area contributed by atoms with Crippen molar-refractivity contribution >= 4 is 14.4 Å². The van der Waals surface area contributed by atoms with Crippen molar-refractivity contribution in [1.82, 2.24) is 10.0 Å². The van der Waals surface area contributed by atoms with Gasteiger partial charge in [-0.05, 0) is 74.9 Å². The highest BCUT2D eigenvalue weighted by molar-refractivity contribution is 6.74. The van der Waals surface area contributed by atoms with Crippen LogP contribution in [0.15, 0.2) is 12.7 Å². The van der Waals surface area contributed by atoms with Gasteiger partial charge in [0.25, 0.3) is 0 Å². The van der Waals surface area contributed by atoms with Gasteiger partial charge in [-0.3, -0.25) is 0 Å². The summed E-state index contributed by atoms with van der Waals surface area (Å²) in [6.07, 6.45) is 9.12. The number of hydrogen-bond acceptors (Lipinski definition) is 5. The van der Waals surface area contributed by atoms with Gasteiger partial charge in [-0.1, -0.05) is 26.8 Å². The van der Waals surface area contributed by atoms with Crippen LogP contribution in [0.3, 0.4) is 0 Å². The minimum Gasteiger partial charge on any atom is -0.452 e. The molecule has 1 aliphatic carbocycles. The van der Waals surface area contributed by atoms with Gasteiger partial charge in [0.1, 0.15) is 0 Å². The maximum Gasteiger partial charge on any atom is 0.424 e. The van der Waals surface area contributed by atoms with E-state index in [1.165, 1.54) is 7.11 Å². The summed E-state index contributed by atoms with van der Waals surface area (Å²) in [6.45, 7) is 17.9. The van der Waals surface area contributed by atoms with Crippen molar-refractivity contribution in [1.29, 1.82) is 0 Å². The molecule has 0 radical (unpaired) electrons. The molecular weight excluding hydrogens is 420 g/mol. The molecule has 186 valence electrons. The van der Waals surface area contributed by atoms with Gasteiger partial charge < -0.3 is 13.9 Å². The molecule has 2 atom stereocenters. The number of ether oxygens (including phenoxy) is 2. The Hall–Kier alpha value is -0.893. The number of carbonyl (C=O) groups excluding carboxylic acids is 1. The summed E-state index contributed by atoms with van der Waals surface area (Å²) in [4.78, 5) is 13.0. The molecule has 7 heteroatoms. The molecule has 32 heavy (non-hydrogen) atoms. The van der Waals surface area contributed by atoms with Crippen LogP contribution >= 0.6 is 0 Å². The van der Waals surface area contributed by atoms with Crippen molar-refractivity contribution in [3.63, 3.8) is 0 Å². The Labute approximate surface area is 197 Å². The topological polar surface area (TPSA) is 51.2 Å². The van der Waals surface area contributed by atoms with Crippen molar-refractivity contribution in [2.75, 3.05) is 34.0 Å². The molecule has 0 spiro atoms. The van der Waals surface area contributed by atoms with Crippen LogP contribution < -0.4 is 0 Å². The molecule has 2 rings (SSSR count). The highest BCUT2D eigenvalue weighted by Crippen LogP contribution is 2.40. The molecule has 2 aliphatic rings. The molecule has 0 aromatic carbocycles. The summed E-state index contributed by atoms with van der Waals surface area (Å²) in [6, 6.07) is 0.306. The smallest absolute Gasteiger partial charge is 0.424 e.